The molecule has 0 spiro atoms. The van der Waals surface area contributed by atoms with Crippen molar-refractivity contribution in [2.24, 2.45) is 11.3 Å². The van der Waals surface area contributed by atoms with Gasteiger partial charge in [0.15, 0.2) is 0 Å². The molecule has 1 saturated carbocycles. The first-order valence-corrected chi connectivity index (χ1v) is 8.30. The summed E-state index contributed by atoms with van der Waals surface area (Å²) in [5, 5.41) is 0. The molecular formula is C22H22O2. The first-order chi connectivity index (χ1) is 11.5. The van der Waals surface area contributed by atoms with Gasteiger partial charge in [-0.25, -0.2) is 0 Å². The van der Waals surface area contributed by atoms with Gasteiger partial charge in [0.25, 0.3) is 0 Å². The van der Waals surface area contributed by atoms with Crippen LogP contribution in [0.15, 0.2) is 72.8 Å². The minimum absolute atomic E-state index is 0.0304. The molecule has 1 aliphatic carbocycles. The summed E-state index contributed by atoms with van der Waals surface area (Å²) in [7, 11) is 0. The Morgan fingerprint density at radius 3 is 2.00 bits per heavy atom. The Labute approximate surface area is 143 Å². The van der Waals surface area contributed by atoms with Crippen molar-refractivity contribution in [2.75, 3.05) is 0 Å². The summed E-state index contributed by atoms with van der Waals surface area (Å²) in [4.78, 5) is 24.7. The Kier molecular flexibility index (Phi) is 4.23. The highest BCUT2D eigenvalue weighted by molar-refractivity contribution is 5.99. The minimum Gasteiger partial charge on any atom is -0.298 e. The van der Waals surface area contributed by atoms with Crippen LogP contribution in [0.2, 0.25) is 0 Å². The van der Waals surface area contributed by atoms with E-state index in [1.807, 2.05) is 62.4 Å². The number of allylic oxidation sites excluding steroid dienone is 1. The quantitative estimate of drug-likeness (QED) is 0.613. The van der Waals surface area contributed by atoms with Crippen LogP contribution in [-0.2, 0) is 9.59 Å². The van der Waals surface area contributed by atoms with Gasteiger partial charge in [0.1, 0.15) is 12.1 Å². The maximum Gasteiger partial charge on any atom is 0.147 e. The molecular weight excluding hydrogens is 296 g/mol. The van der Waals surface area contributed by atoms with E-state index >= 15 is 0 Å². The molecule has 0 amide bonds. The normalized spacial score (nSPS) is 29.4. The van der Waals surface area contributed by atoms with Gasteiger partial charge in [0.2, 0.25) is 0 Å². The Morgan fingerprint density at radius 2 is 1.50 bits per heavy atom. The van der Waals surface area contributed by atoms with Gasteiger partial charge >= 0.3 is 0 Å². The van der Waals surface area contributed by atoms with Crippen molar-refractivity contribution in [3.8, 4) is 0 Å². The van der Waals surface area contributed by atoms with Crippen LogP contribution in [0.25, 0.3) is 0 Å². The van der Waals surface area contributed by atoms with Crippen molar-refractivity contribution in [1.82, 2.24) is 0 Å². The molecule has 0 saturated heterocycles. The molecule has 2 aromatic carbocycles. The van der Waals surface area contributed by atoms with E-state index in [9.17, 15) is 9.59 Å². The number of carbonyl (C=O) groups is 2. The predicted molar refractivity (Wildman–Crippen MR) is 95.8 cm³/mol. The number of ketones is 1. The lowest BCUT2D eigenvalue weighted by molar-refractivity contribution is -0.127. The van der Waals surface area contributed by atoms with Crippen LogP contribution in [-0.4, -0.2) is 12.1 Å². The van der Waals surface area contributed by atoms with E-state index in [1.165, 1.54) is 0 Å². The second-order valence-corrected chi connectivity index (χ2v) is 6.82. The summed E-state index contributed by atoms with van der Waals surface area (Å²) in [6.45, 7) is 7.78. The maximum absolute atomic E-state index is 13.2. The molecule has 0 bridgehead atoms. The number of carbonyl (C=O) groups excluding carboxylic acids is 2. The fourth-order valence-electron chi connectivity index (χ4n) is 4.27. The summed E-state index contributed by atoms with van der Waals surface area (Å²) in [5.41, 5.74) is 1.71. The summed E-state index contributed by atoms with van der Waals surface area (Å²) in [5.74, 6) is -0.134. The lowest BCUT2D eigenvalue weighted by atomic mass is 9.68. The molecule has 3 rings (SSSR count). The number of aldehydes is 1. The van der Waals surface area contributed by atoms with Gasteiger partial charge < -0.3 is 0 Å². The zero-order valence-electron chi connectivity index (χ0n) is 14.1. The predicted octanol–water partition coefficient (Wildman–Crippen LogP) is 4.53. The number of hydrogen-bond donors (Lipinski definition) is 0. The van der Waals surface area contributed by atoms with Crippen LogP contribution in [0.3, 0.4) is 0 Å². The van der Waals surface area contributed by atoms with E-state index in [1.54, 1.807) is 0 Å². The molecule has 0 N–H and O–H groups in total. The molecule has 4 atom stereocenters. The molecule has 2 aromatic rings. The fourth-order valence-corrected chi connectivity index (χ4v) is 4.27. The van der Waals surface area contributed by atoms with E-state index in [4.69, 9.17) is 0 Å². The van der Waals surface area contributed by atoms with Gasteiger partial charge in [-0.05, 0) is 23.6 Å². The zero-order chi connectivity index (χ0) is 17.3. The molecule has 0 aliphatic heterocycles. The summed E-state index contributed by atoms with van der Waals surface area (Å²) >= 11 is 0. The third-order valence-electron chi connectivity index (χ3n) is 5.60. The van der Waals surface area contributed by atoms with Crippen molar-refractivity contribution in [2.45, 2.75) is 25.7 Å². The zero-order valence-corrected chi connectivity index (χ0v) is 14.1. The average molecular weight is 318 g/mol. The second-order valence-electron chi connectivity index (χ2n) is 6.82. The second kappa shape index (κ2) is 6.20. The van der Waals surface area contributed by atoms with Gasteiger partial charge in [0.05, 0.1) is 5.41 Å². The van der Waals surface area contributed by atoms with Crippen LogP contribution in [0.4, 0.5) is 0 Å². The van der Waals surface area contributed by atoms with Gasteiger partial charge in [-0.15, -0.1) is 0 Å². The van der Waals surface area contributed by atoms with E-state index in [0.29, 0.717) is 5.57 Å². The molecule has 2 nitrogen and oxygen atoms in total. The molecule has 1 aliphatic rings. The Hall–Kier alpha value is -2.48. The van der Waals surface area contributed by atoms with Crippen molar-refractivity contribution >= 4 is 12.1 Å². The minimum atomic E-state index is -0.872. The third-order valence-corrected chi connectivity index (χ3v) is 5.60. The molecule has 24 heavy (non-hydrogen) atoms. The Bertz CT molecular complexity index is 763. The lowest BCUT2D eigenvalue weighted by Crippen LogP contribution is -2.32. The first kappa shape index (κ1) is 16.4. The fraction of sp³-hybridized carbons (Fsp3) is 0.273. The summed E-state index contributed by atoms with van der Waals surface area (Å²) in [6.07, 6.45) is 0.744. The van der Waals surface area contributed by atoms with Crippen molar-refractivity contribution in [3.05, 3.63) is 83.9 Å². The van der Waals surface area contributed by atoms with Crippen LogP contribution >= 0.6 is 0 Å². The number of benzene rings is 2. The molecule has 0 unspecified atom stereocenters. The lowest BCUT2D eigenvalue weighted by Gasteiger charge is -2.33. The van der Waals surface area contributed by atoms with E-state index in [-0.39, 0.29) is 23.5 Å². The Balaban J connectivity index is 2.23. The maximum atomic E-state index is 13.2. The van der Waals surface area contributed by atoms with Crippen molar-refractivity contribution < 1.29 is 9.59 Å². The molecule has 2 heteroatoms. The number of Topliss-reactive ketones (excluding diaryl/α,β-unsaturated/α-hetero) is 1. The van der Waals surface area contributed by atoms with E-state index < -0.39 is 5.41 Å². The van der Waals surface area contributed by atoms with Gasteiger partial charge in [0, 0.05) is 17.8 Å². The summed E-state index contributed by atoms with van der Waals surface area (Å²) < 4.78 is 0. The molecule has 0 aromatic heterocycles. The molecule has 1 fully saturated rings. The van der Waals surface area contributed by atoms with Gasteiger partial charge in [-0.2, -0.15) is 0 Å². The molecule has 0 radical (unpaired) electrons. The van der Waals surface area contributed by atoms with Crippen LogP contribution in [0.5, 0.6) is 0 Å². The highest BCUT2D eigenvalue weighted by atomic mass is 16.1. The average Bonchev–Trinajstić information content (AvgIpc) is 2.84. The van der Waals surface area contributed by atoms with E-state index in [2.05, 4.69) is 18.7 Å². The highest BCUT2D eigenvalue weighted by Crippen LogP contribution is 2.59. The highest BCUT2D eigenvalue weighted by Gasteiger charge is 2.57. The van der Waals surface area contributed by atoms with Gasteiger partial charge in [-0.3, -0.25) is 9.59 Å². The summed E-state index contributed by atoms with van der Waals surface area (Å²) in [6, 6.07) is 20.1. The monoisotopic (exact) mass is 318 g/mol. The smallest absolute Gasteiger partial charge is 0.147 e. The number of hydrogen-bond acceptors (Lipinski definition) is 2. The van der Waals surface area contributed by atoms with E-state index in [0.717, 1.165) is 17.4 Å². The largest absolute Gasteiger partial charge is 0.298 e. The molecule has 122 valence electrons. The standard InChI is InChI=1S/C22H22O2/c1-15(14-23)22(3)20(18-12-8-5-9-13-18)19(16(2)21(22)24)17-10-6-4-7-11-17/h4-14,16,19-20H,1H2,2-3H3/t16-,19+,20+,22-/m0/s1. The number of rotatable bonds is 4. The van der Waals surface area contributed by atoms with Crippen LogP contribution < -0.4 is 0 Å². The first-order valence-electron chi connectivity index (χ1n) is 8.30. The van der Waals surface area contributed by atoms with Crippen molar-refractivity contribution in [3.63, 3.8) is 0 Å². The topological polar surface area (TPSA) is 34.1 Å². The van der Waals surface area contributed by atoms with Crippen LogP contribution in [0.1, 0.15) is 36.8 Å². The van der Waals surface area contributed by atoms with Crippen molar-refractivity contribution in [1.29, 1.82) is 0 Å². The third kappa shape index (κ3) is 2.34. The molecule has 0 heterocycles. The SMILES string of the molecule is C=C(C=O)[C@]1(C)C(=O)[C@@H](C)[C@H](c2ccccc2)[C@H]1c1ccccc1. The van der Waals surface area contributed by atoms with Gasteiger partial charge in [-0.1, -0.05) is 74.2 Å². The van der Waals surface area contributed by atoms with Crippen LogP contribution in [0, 0.1) is 11.3 Å². The Morgan fingerprint density at radius 1 is 1.00 bits per heavy atom.